The van der Waals surface area contributed by atoms with Crippen LogP contribution in [0.4, 0.5) is 4.39 Å². The van der Waals surface area contributed by atoms with E-state index < -0.39 is 29.1 Å². The number of hydrogen-bond donors (Lipinski definition) is 3. The summed E-state index contributed by atoms with van der Waals surface area (Å²) < 4.78 is 13.0. The number of carboxylic acids is 1. The molecule has 0 radical (unpaired) electrons. The molecule has 1 unspecified atom stereocenters. The van der Waals surface area contributed by atoms with Crippen molar-refractivity contribution >= 4 is 17.8 Å². The van der Waals surface area contributed by atoms with E-state index in [1.54, 1.807) is 6.92 Å². The Labute approximate surface area is 127 Å². The second-order valence-corrected chi connectivity index (χ2v) is 5.13. The third-order valence-corrected chi connectivity index (χ3v) is 3.13. The zero-order chi connectivity index (χ0) is 16.8. The van der Waals surface area contributed by atoms with Gasteiger partial charge in [0.25, 0.3) is 5.91 Å². The van der Waals surface area contributed by atoms with Gasteiger partial charge in [-0.3, -0.25) is 9.59 Å². The van der Waals surface area contributed by atoms with E-state index in [4.69, 9.17) is 5.11 Å². The van der Waals surface area contributed by atoms with E-state index in [0.29, 0.717) is 6.42 Å². The number of hydrogen-bond acceptors (Lipinski definition) is 3. The number of nitrogens with one attached hydrogen (secondary N) is 2. The Bertz CT molecular complexity index is 576. The number of carbonyl (C=O) groups is 3. The Morgan fingerprint density at radius 2 is 2.00 bits per heavy atom. The molecule has 0 aliphatic rings. The van der Waals surface area contributed by atoms with Gasteiger partial charge in [0.15, 0.2) is 0 Å². The smallest absolute Gasteiger partial charge is 0.329 e. The van der Waals surface area contributed by atoms with Gasteiger partial charge >= 0.3 is 5.97 Å². The van der Waals surface area contributed by atoms with Gasteiger partial charge < -0.3 is 15.7 Å². The van der Waals surface area contributed by atoms with Gasteiger partial charge in [-0.2, -0.15) is 0 Å². The van der Waals surface area contributed by atoms with E-state index in [1.807, 2.05) is 0 Å². The molecule has 2 amide bonds. The van der Waals surface area contributed by atoms with Crippen LogP contribution in [0.1, 0.15) is 37.0 Å². The minimum Gasteiger partial charge on any atom is -0.480 e. The first-order chi connectivity index (χ1) is 10.3. The molecule has 0 bridgehead atoms. The highest BCUT2D eigenvalue weighted by Crippen LogP contribution is 2.12. The molecule has 1 atom stereocenters. The lowest BCUT2D eigenvalue weighted by atomic mass is 9.96. The Morgan fingerprint density at radius 1 is 1.32 bits per heavy atom. The van der Waals surface area contributed by atoms with Gasteiger partial charge in [-0.15, -0.1) is 0 Å². The van der Waals surface area contributed by atoms with Gasteiger partial charge in [0.05, 0.1) is 6.54 Å². The summed E-state index contributed by atoms with van der Waals surface area (Å²) in [5.74, 6) is -2.93. The highest BCUT2D eigenvalue weighted by Gasteiger charge is 2.33. The molecule has 1 rings (SSSR count). The second-order valence-electron chi connectivity index (χ2n) is 5.13. The molecule has 120 valence electrons. The summed E-state index contributed by atoms with van der Waals surface area (Å²) in [7, 11) is 0. The van der Waals surface area contributed by atoms with Crippen LogP contribution in [-0.4, -0.2) is 35.0 Å². The minimum absolute atomic E-state index is 0.0855. The largest absolute Gasteiger partial charge is 0.480 e. The predicted octanol–water partition coefficient (Wildman–Crippen LogP) is 1.32. The second kappa shape index (κ2) is 7.53. The van der Waals surface area contributed by atoms with Crippen LogP contribution in [0.25, 0.3) is 0 Å². The summed E-state index contributed by atoms with van der Waals surface area (Å²) in [5, 5.41) is 13.9. The highest BCUT2D eigenvalue weighted by atomic mass is 19.1. The minimum atomic E-state index is -1.38. The van der Waals surface area contributed by atoms with Gasteiger partial charge in [-0.25, -0.2) is 9.18 Å². The van der Waals surface area contributed by atoms with Crippen LogP contribution in [0.2, 0.25) is 0 Å². The number of carbonyl (C=O) groups excluding carboxylic acids is 2. The average Bonchev–Trinajstić information content (AvgIpc) is 2.44. The first-order valence-corrected chi connectivity index (χ1v) is 6.86. The standard InChI is InChI=1S/C15H19FN2O4/c1-3-7-15(2,14(21)22)18-12(19)9-17-13(20)10-5-4-6-11(16)8-10/h4-6,8H,3,7,9H2,1-2H3,(H,17,20)(H,18,19)(H,21,22). The van der Waals surface area contributed by atoms with Crippen LogP contribution in [0, 0.1) is 5.82 Å². The van der Waals surface area contributed by atoms with Crippen LogP contribution in [0.5, 0.6) is 0 Å². The SMILES string of the molecule is CCCC(C)(NC(=O)CNC(=O)c1cccc(F)c1)C(=O)O. The zero-order valence-corrected chi connectivity index (χ0v) is 12.5. The molecule has 1 aromatic rings. The van der Waals surface area contributed by atoms with E-state index in [2.05, 4.69) is 10.6 Å². The van der Waals surface area contributed by atoms with Gasteiger partial charge in [0.2, 0.25) is 5.91 Å². The topological polar surface area (TPSA) is 95.5 Å². The van der Waals surface area contributed by atoms with E-state index in [0.717, 1.165) is 6.07 Å². The quantitative estimate of drug-likeness (QED) is 0.707. The Morgan fingerprint density at radius 3 is 2.55 bits per heavy atom. The number of aliphatic carboxylic acids is 1. The van der Waals surface area contributed by atoms with E-state index in [1.165, 1.54) is 25.1 Å². The number of carboxylic acid groups (broad SMARTS) is 1. The van der Waals surface area contributed by atoms with Crippen molar-refractivity contribution in [1.29, 1.82) is 0 Å². The van der Waals surface area contributed by atoms with Crippen molar-refractivity contribution in [3.8, 4) is 0 Å². The molecule has 0 saturated heterocycles. The fourth-order valence-corrected chi connectivity index (χ4v) is 1.97. The third kappa shape index (κ3) is 4.83. The molecule has 0 fully saturated rings. The van der Waals surface area contributed by atoms with Crippen molar-refractivity contribution in [2.75, 3.05) is 6.54 Å². The molecule has 0 saturated carbocycles. The lowest BCUT2D eigenvalue weighted by molar-refractivity contribution is -0.147. The first kappa shape index (κ1) is 17.6. The van der Waals surface area contributed by atoms with Gasteiger partial charge in [0.1, 0.15) is 11.4 Å². The maximum absolute atomic E-state index is 13.0. The number of amides is 2. The number of halogens is 1. The summed E-state index contributed by atoms with van der Waals surface area (Å²) in [6, 6.07) is 5.04. The fraction of sp³-hybridized carbons (Fsp3) is 0.400. The zero-order valence-electron chi connectivity index (χ0n) is 12.5. The van der Waals surface area contributed by atoms with Crippen molar-refractivity contribution in [3.05, 3.63) is 35.6 Å². The summed E-state index contributed by atoms with van der Waals surface area (Å²) in [5.41, 5.74) is -1.29. The Kier molecular flexibility index (Phi) is 6.03. The summed E-state index contributed by atoms with van der Waals surface area (Å²) >= 11 is 0. The van der Waals surface area contributed by atoms with Crippen molar-refractivity contribution in [1.82, 2.24) is 10.6 Å². The summed E-state index contributed by atoms with van der Waals surface area (Å²) in [6.07, 6.45) is 0.852. The van der Waals surface area contributed by atoms with E-state index in [-0.39, 0.29) is 18.5 Å². The van der Waals surface area contributed by atoms with Gasteiger partial charge in [-0.05, 0) is 31.5 Å². The summed E-state index contributed by atoms with van der Waals surface area (Å²) in [4.78, 5) is 34.7. The molecular weight excluding hydrogens is 291 g/mol. The van der Waals surface area contributed by atoms with Crippen molar-refractivity contribution in [3.63, 3.8) is 0 Å². The summed E-state index contributed by atoms with van der Waals surface area (Å²) in [6.45, 7) is 2.83. The molecule has 0 heterocycles. The van der Waals surface area contributed by atoms with Crippen LogP contribution in [0.15, 0.2) is 24.3 Å². The molecule has 6 nitrogen and oxygen atoms in total. The molecular formula is C15H19FN2O4. The van der Waals surface area contributed by atoms with Crippen LogP contribution < -0.4 is 10.6 Å². The van der Waals surface area contributed by atoms with Crippen molar-refractivity contribution in [2.45, 2.75) is 32.2 Å². The van der Waals surface area contributed by atoms with Crippen LogP contribution in [0.3, 0.4) is 0 Å². The van der Waals surface area contributed by atoms with Gasteiger partial charge in [-0.1, -0.05) is 19.4 Å². The van der Waals surface area contributed by atoms with E-state index >= 15 is 0 Å². The van der Waals surface area contributed by atoms with Crippen molar-refractivity contribution in [2.24, 2.45) is 0 Å². The molecule has 0 aromatic heterocycles. The predicted molar refractivity (Wildman–Crippen MR) is 77.8 cm³/mol. The lowest BCUT2D eigenvalue weighted by Crippen LogP contribution is -2.54. The Hall–Kier alpha value is -2.44. The molecule has 0 spiro atoms. The number of rotatable bonds is 7. The molecule has 22 heavy (non-hydrogen) atoms. The maximum atomic E-state index is 13.0. The normalized spacial score (nSPS) is 13.0. The number of benzene rings is 1. The molecule has 7 heteroatoms. The van der Waals surface area contributed by atoms with Crippen LogP contribution >= 0.6 is 0 Å². The first-order valence-electron chi connectivity index (χ1n) is 6.86. The van der Waals surface area contributed by atoms with Crippen LogP contribution in [-0.2, 0) is 9.59 Å². The third-order valence-electron chi connectivity index (χ3n) is 3.13. The Balaban J connectivity index is 2.59. The highest BCUT2D eigenvalue weighted by molar-refractivity contribution is 5.97. The molecule has 3 N–H and O–H groups in total. The van der Waals surface area contributed by atoms with Crippen molar-refractivity contribution < 1.29 is 23.9 Å². The van der Waals surface area contributed by atoms with Gasteiger partial charge in [0, 0.05) is 5.56 Å². The lowest BCUT2D eigenvalue weighted by Gasteiger charge is -2.25. The molecule has 0 aliphatic heterocycles. The average molecular weight is 310 g/mol. The molecule has 0 aliphatic carbocycles. The van der Waals surface area contributed by atoms with E-state index in [9.17, 15) is 18.8 Å². The molecule has 1 aromatic carbocycles. The monoisotopic (exact) mass is 310 g/mol. The maximum Gasteiger partial charge on any atom is 0.329 e. The fourth-order valence-electron chi connectivity index (χ4n) is 1.97.